The van der Waals surface area contributed by atoms with Gasteiger partial charge in [0.15, 0.2) is 5.60 Å². The molecule has 0 saturated carbocycles. The average Bonchev–Trinajstić information content (AvgIpc) is 2.53. The van der Waals surface area contributed by atoms with Gasteiger partial charge in [-0.25, -0.2) is 9.78 Å². The van der Waals surface area contributed by atoms with E-state index in [1.54, 1.807) is 0 Å². The molecule has 0 radical (unpaired) electrons. The van der Waals surface area contributed by atoms with E-state index in [-0.39, 0.29) is 11.5 Å². The summed E-state index contributed by atoms with van der Waals surface area (Å²) in [6.45, 7) is 12.5. The third-order valence-corrected chi connectivity index (χ3v) is 4.94. The van der Waals surface area contributed by atoms with Crippen LogP contribution in [0.5, 0.6) is 0 Å². The summed E-state index contributed by atoms with van der Waals surface area (Å²) in [6, 6.07) is 18.9. The number of allylic oxidation sites excluding steroid dienone is 1. The van der Waals surface area contributed by atoms with Crippen molar-refractivity contribution in [1.82, 2.24) is 0 Å². The Kier molecular flexibility index (Phi) is 3.91. The Morgan fingerprint density at radius 2 is 1.65 bits per heavy atom. The van der Waals surface area contributed by atoms with Crippen LogP contribution >= 0.6 is 0 Å². The molecule has 0 aliphatic carbocycles. The van der Waals surface area contributed by atoms with E-state index in [9.17, 15) is 0 Å². The van der Waals surface area contributed by atoms with Crippen LogP contribution in [0, 0.1) is 0 Å². The van der Waals surface area contributed by atoms with Crippen molar-refractivity contribution in [2.45, 2.75) is 44.8 Å². The van der Waals surface area contributed by atoms with Gasteiger partial charge in [0.1, 0.15) is 6.10 Å². The minimum absolute atomic E-state index is 0.0481. The molecule has 0 spiro atoms. The van der Waals surface area contributed by atoms with Gasteiger partial charge in [0.2, 0.25) is 0 Å². The van der Waals surface area contributed by atoms with Crippen LogP contribution < -0.4 is 0 Å². The Morgan fingerprint density at radius 1 is 1.04 bits per heavy atom. The van der Waals surface area contributed by atoms with Crippen molar-refractivity contribution in [3.63, 3.8) is 0 Å². The first kappa shape index (κ1) is 16.0. The Balaban J connectivity index is 1.92. The zero-order valence-corrected chi connectivity index (χ0v) is 14.3. The molecule has 2 unspecified atom stereocenters. The largest absolute Gasteiger partial charge is 0.228 e. The fraction of sp³-hybridized carbons (Fsp3) is 0.333. The van der Waals surface area contributed by atoms with Gasteiger partial charge in [-0.3, -0.25) is 0 Å². The van der Waals surface area contributed by atoms with E-state index < -0.39 is 5.60 Å². The van der Waals surface area contributed by atoms with E-state index in [0.717, 1.165) is 16.7 Å². The normalized spacial score (nSPS) is 24.1. The van der Waals surface area contributed by atoms with E-state index in [1.807, 2.05) is 13.0 Å². The number of hydrogen-bond acceptors (Lipinski definition) is 2. The van der Waals surface area contributed by atoms with Gasteiger partial charge >= 0.3 is 0 Å². The summed E-state index contributed by atoms with van der Waals surface area (Å²) in [5, 5.41) is 0. The summed E-state index contributed by atoms with van der Waals surface area (Å²) in [5.41, 5.74) is 3.99. The molecule has 3 rings (SSSR count). The highest BCUT2D eigenvalue weighted by Gasteiger charge is 2.56. The lowest BCUT2D eigenvalue weighted by molar-refractivity contribution is -0.524. The summed E-state index contributed by atoms with van der Waals surface area (Å²) < 4.78 is 0. The number of benzene rings is 2. The summed E-state index contributed by atoms with van der Waals surface area (Å²) >= 11 is 0. The highest BCUT2D eigenvalue weighted by atomic mass is 17.3. The zero-order valence-electron chi connectivity index (χ0n) is 14.3. The Morgan fingerprint density at radius 3 is 2.13 bits per heavy atom. The van der Waals surface area contributed by atoms with E-state index in [2.05, 4.69) is 75.9 Å². The minimum atomic E-state index is -0.451. The first-order chi connectivity index (χ1) is 10.9. The van der Waals surface area contributed by atoms with Gasteiger partial charge in [-0.2, -0.15) is 0 Å². The molecule has 2 heteroatoms. The van der Waals surface area contributed by atoms with Gasteiger partial charge in [-0.1, -0.05) is 80.6 Å². The van der Waals surface area contributed by atoms with Crippen molar-refractivity contribution in [2.24, 2.45) is 0 Å². The lowest BCUT2D eigenvalue weighted by Crippen LogP contribution is -2.60. The van der Waals surface area contributed by atoms with Crippen LogP contribution in [0.1, 0.15) is 44.4 Å². The monoisotopic (exact) mass is 308 g/mol. The molecule has 0 bridgehead atoms. The molecule has 2 aromatic carbocycles. The quantitative estimate of drug-likeness (QED) is 0.719. The zero-order chi connectivity index (χ0) is 16.7. The molecule has 2 atom stereocenters. The van der Waals surface area contributed by atoms with E-state index in [1.165, 1.54) is 5.56 Å². The van der Waals surface area contributed by atoms with Crippen LogP contribution in [0.15, 0.2) is 61.2 Å². The second-order valence-corrected chi connectivity index (χ2v) is 7.11. The minimum Gasteiger partial charge on any atom is -0.228 e. The Bertz CT molecular complexity index is 700. The van der Waals surface area contributed by atoms with Crippen molar-refractivity contribution in [3.05, 3.63) is 77.9 Å². The maximum Gasteiger partial charge on any atom is 0.156 e. The van der Waals surface area contributed by atoms with Crippen molar-refractivity contribution in [2.75, 3.05) is 0 Å². The Hall–Kier alpha value is -1.90. The summed E-state index contributed by atoms with van der Waals surface area (Å²) in [4.78, 5) is 11.2. The Labute approximate surface area is 138 Å². The first-order valence-corrected chi connectivity index (χ1v) is 8.02. The fourth-order valence-electron chi connectivity index (χ4n) is 3.35. The highest BCUT2D eigenvalue weighted by molar-refractivity contribution is 5.61. The van der Waals surface area contributed by atoms with Gasteiger partial charge in [0.05, 0.1) is 0 Å². The molecule has 1 heterocycles. The van der Waals surface area contributed by atoms with Crippen molar-refractivity contribution < 1.29 is 9.78 Å². The van der Waals surface area contributed by atoms with Gasteiger partial charge in [0, 0.05) is 5.41 Å². The van der Waals surface area contributed by atoms with Crippen molar-refractivity contribution in [1.29, 1.82) is 0 Å². The second-order valence-electron chi connectivity index (χ2n) is 7.11. The van der Waals surface area contributed by atoms with Crippen LogP contribution in [-0.4, -0.2) is 6.10 Å². The third kappa shape index (κ3) is 2.62. The van der Waals surface area contributed by atoms with Gasteiger partial charge in [-0.05, 0) is 30.5 Å². The molecule has 120 valence electrons. The molecule has 0 amide bonds. The lowest BCUT2D eigenvalue weighted by Gasteiger charge is -2.52. The van der Waals surface area contributed by atoms with Gasteiger partial charge in [0.25, 0.3) is 0 Å². The van der Waals surface area contributed by atoms with E-state index in [0.29, 0.717) is 0 Å². The van der Waals surface area contributed by atoms with Crippen LogP contribution in [0.25, 0.3) is 5.57 Å². The van der Waals surface area contributed by atoms with Crippen LogP contribution in [-0.2, 0) is 20.8 Å². The van der Waals surface area contributed by atoms with Crippen molar-refractivity contribution >= 4 is 5.57 Å². The predicted octanol–water partition coefficient (Wildman–Crippen LogP) is 5.24. The number of hydrogen-bond donors (Lipinski definition) is 0. The SMILES string of the molecule is C=C(C)c1ccc(C2(C)OOC2C(C)(C)c2ccccc2)cc1. The van der Waals surface area contributed by atoms with Gasteiger partial charge in [-0.15, -0.1) is 0 Å². The maximum absolute atomic E-state index is 5.60. The molecular formula is C21H24O2. The standard InChI is InChI=1S/C21H24O2/c1-15(2)16-11-13-18(14-12-16)21(5)19(22-23-21)20(3,4)17-9-7-6-8-10-17/h6-14,19H,1H2,2-5H3. The summed E-state index contributed by atoms with van der Waals surface area (Å²) in [5.74, 6) is 0. The van der Waals surface area contributed by atoms with E-state index >= 15 is 0 Å². The predicted molar refractivity (Wildman–Crippen MR) is 93.9 cm³/mol. The molecule has 1 fully saturated rings. The molecule has 1 saturated heterocycles. The second kappa shape index (κ2) is 5.63. The van der Waals surface area contributed by atoms with Crippen LogP contribution in [0.4, 0.5) is 0 Å². The van der Waals surface area contributed by atoms with Crippen LogP contribution in [0.3, 0.4) is 0 Å². The van der Waals surface area contributed by atoms with Crippen molar-refractivity contribution in [3.8, 4) is 0 Å². The molecule has 23 heavy (non-hydrogen) atoms. The summed E-state index contributed by atoms with van der Waals surface area (Å²) in [6.07, 6.45) is -0.0481. The smallest absolute Gasteiger partial charge is 0.156 e. The van der Waals surface area contributed by atoms with Crippen LogP contribution in [0.2, 0.25) is 0 Å². The average molecular weight is 308 g/mol. The highest BCUT2D eigenvalue weighted by Crippen LogP contribution is 2.49. The molecule has 0 N–H and O–H groups in total. The third-order valence-electron chi connectivity index (χ3n) is 4.94. The summed E-state index contributed by atoms with van der Waals surface area (Å²) in [7, 11) is 0. The first-order valence-electron chi connectivity index (χ1n) is 8.02. The van der Waals surface area contributed by atoms with Gasteiger partial charge < -0.3 is 0 Å². The number of rotatable bonds is 4. The molecule has 1 aliphatic heterocycles. The molecular weight excluding hydrogens is 284 g/mol. The molecule has 0 aromatic heterocycles. The topological polar surface area (TPSA) is 18.5 Å². The molecule has 2 aromatic rings. The lowest BCUT2D eigenvalue weighted by atomic mass is 9.70. The fourth-order valence-corrected chi connectivity index (χ4v) is 3.35. The molecule has 2 nitrogen and oxygen atoms in total. The van der Waals surface area contributed by atoms with E-state index in [4.69, 9.17) is 9.78 Å². The molecule has 1 aliphatic rings. The maximum atomic E-state index is 5.60.